The lowest BCUT2D eigenvalue weighted by Gasteiger charge is -2.32. The van der Waals surface area contributed by atoms with Crippen molar-refractivity contribution in [3.05, 3.63) is 41.5 Å². The largest absolute Gasteiger partial charge is 0.368 e. The van der Waals surface area contributed by atoms with Crippen molar-refractivity contribution in [2.24, 2.45) is 7.05 Å². The number of pyridine rings is 1. The lowest BCUT2D eigenvalue weighted by molar-refractivity contribution is 0.257. The molecule has 1 saturated heterocycles. The number of hydrogen-bond donors (Lipinski definition) is 2. The molecule has 2 amide bonds. The molecule has 0 radical (unpaired) electrons. The van der Waals surface area contributed by atoms with Gasteiger partial charge in [-0.15, -0.1) is 0 Å². The summed E-state index contributed by atoms with van der Waals surface area (Å²) in [6.07, 6.45) is 4.32. The molecule has 0 saturated carbocycles. The molecule has 2 aliphatic heterocycles. The van der Waals surface area contributed by atoms with Crippen LogP contribution in [0.2, 0.25) is 0 Å². The van der Waals surface area contributed by atoms with Crippen LogP contribution in [0.25, 0.3) is 10.9 Å². The summed E-state index contributed by atoms with van der Waals surface area (Å²) in [6.45, 7) is 6.39. The van der Waals surface area contributed by atoms with Gasteiger partial charge in [-0.25, -0.2) is 14.2 Å². The molecule has 0 bridgehead atoms. The van der Waals surface area contributed by atoms with Crippen LogP contribution in [-0.2, 0) is 13.5 Å². The number of nitrogens with one attached hydrogen (secondary N) is 2. The summed E-state index contributed by atoms with van der Waals surface area (Å²) in [5, 5.41) is 10.9. The van der Waals surface area contributed by atoms with Gasteiger partial charge in [0.05, 0.1) is 0 Å². The molecule has 3 aromatic rings. The van der Waals surface area contributed by atoms with Gasteiger partial charge in [0.1, 0.15) is 11.3 Å². The number of carbonyl (C=O) groups is 1. The van der Waals surface area contributed by atoms with Crippen LogP contribution in [-0.4, -0.2) is 53.5 Å². The Morgan fingerprint density at radius 1 is 1.23 bits per heavy atom. The lowest BCUT2D eigenvalue weighted by atomic mass is 10.1. The number of anilines is 3. The first-order valence-electron chi connectivity index (χ1n) is 10.2. The number of hydrogen-bond acceptors (Lipinski definition) is 5. The number of amides is 2. The van der Waals surface area contributed by atoms with E-state index < -0.39 is 5.82 Å². The number of aromatic nitrogens is 3. The minimum absolute atomic E-state index is 0.292. The summed E-state index contributed by atoms with van der Waals surface area (Å²) in [6, 6.07) is 2.73. The van der Waals surface area contributed by atoms with Gasteiger partial charge in [0.25, 0.3) is 0 Å². The second-order valence-electron chi connectivity index (χ2n) is 7.86. The summed E-state index contributed by atoms with van der Waals surface area (Å²) in [4.78, 5) is 21.6. The van der Waals surface area contributed by atoms with E-state index in [2.05, 4.69) is 32.5 Å². The van der Waals surface area contributed by atoms with Crippen molar-refractivity contribution in [3.8, 4) is 0 Å². The van der Waals surface area contributed by atoms with Gasteiger partial charge < -0.3 is 15.5 Å². The molecule has 9 heteroatoms. The van der Waals surface area contributed by atoms with E-state index in [1.165, 1.54) is 11.8 Å². The number of rotatable bonds is 2. The first-order valence-corrected chi connectivity index (χ1v) is 10.2. The molecular weight excluding hydrogens is 385 g/mol. The Morgan fingerprint density at radius 3 is 2.83 bits per heavy atom. The van der Waals surface area contributed by atoms with Crippen LogP contribution in [0.1, 0.15) is 11.1 Å². The van der Waals surface area contributed by atoms with Crippen LogP contribution in [0.5, 0.6) is 0 Å². The third kappa shape index (κ3) is 3.15. The number of benzene rings is 1. The molecule has 2 N–H and O–H groups in total. The molecule has 2 aliphatic rings. The zero-order chi connectivity index (χ0) is 20.8. The van der Waals surface area contributed by atoms with Crippen molar-refractivity contribution in [3.63, 3.8) is 0 Å². The predicted molar refractivity (Wildman–Crippen MR) is 115 cm³/mol. The van der Waals surface area contributed by atoms with Gasteiger partial charge in [0, 0.05) is 74.5 Å². The topological polar surface area (TPSA) is 78.3 Å². The summed E-state index contributed by atoms with van der Waals surface area (Å²) >= 11 is 0. The van der Waals surface area contributed by atoms with Crippen molar-refractivity contribution in [2.75, 3.05) is 47.8 Å². The van der Waals surface area contributed by atoms with E-state index >= 15 is 0 Å². The summed E-state index contributed by atoms with van der Waals surface area (Å²) in [7, 11) is 1.74. The standard InChI is InChI=1S/C21H24FN7O/c1-13-11-24-20-16(19(13)28-7-4-23-5-8-28)3-6-29(20)21(30)25-15-9-14-12-27(2)26-18(14)17(22)10-15/h9-12,23H,3-8H2,1-2H3,(H,25,30). The average molecular weight is 409 g/mol. The average Bonchev–Trinajstić information content (AvgIpc) is 3.32. The van der Waals surface area contributed by atoms with Crippen molar-refractivity contribution in [1.82, 2.24) is 20.1 Å². The number of carbonyl (C=O) groups excluding carboxylic acids is 1. The molecule has 0 aliphatic carbocycles. The van der Waals surface area contributed by atoms with E-state index in [1.54, 1.807) is 28.9 Å². The van der Waals surface area contributed by atoms with E-state index in [1.807, 2.05) is 6.20 Å². The number of piperazine rings is 1. The summed E-state index contributed by atoms with van der Waals surface area (Å²) < 4.78 is 15.9. The molecule has 4 heterocycles. The van der Waals surface area contributed by atoms with Crippen molar-refractivity contribution >= 4 is 34.1 Å². The Labute approximate surface area is 173 Å². The highest BCUT2D eigenvalue weighted by atomic mass is 19.1. The molecule has 1 aromatic carbocycles. The van der Waals surface area contributed by atoms with E-state index in [4.69, 9.17) is 0 Å². The number of nitrogens with zero attached hydrogens (tertiary/aromatic N) is 5. The van der Waals surface area contributed by atoms with E-state index in [-0.39, 0.29) is 6.03 Å². The fraction of sp³-hybridized carbons (Fsp3) is 0.381. The minimum atomic E-state index is -0.458. The van der Waals surface area contributed by atoms with Gasteiger partial charge in [0.15, 0.2) is 5.82 Å². The maximum absolute atomic E-state index is 14.4. The maximum Gasteiger partial charge on any atom is 0.327 e. The van der Waals surface area contributed by atoms with Gasteiger partial charge in [-0.2, -0.15) is 5.10 Å². The zero-order valence-electron chi connectivity index (χ0n) is 17.1. The van der Waals surface area contributed by atoms with Crippen molar-refractivity contribution in [2.45, 2.75) is 13.3 Å². The van der Waals surface area contributed by atoms with Crippen LogP contribution < -0.4 is 20.4 Å². The molecule has 30 heavy (non-hydrogen) atoms. The molecule has 0 spiro atoms. The van der Waals surface area contributed by atoms with Crippen LogP contribution >= 0.6 is 0 Å². The van der Waals surface area contributed by atoms with E-state index in [9.17, 15) is 9.18 Å². The Kier molecular flexibility index (Phi) is 4.54. The fourth-order valence-corrected chi connectivity index (χ4v) is 4.43. The minimum Gasteiger partial charge on any atom is -0.368 e. The molecule has 5 rings (SSSR count). The first kappa shape index (κ1) is 18.8. The monoisotopic (exact) mass is 409 g/mol. The van der Waals surface area contributed by atoms with Gasteiger partial charge in [-0.05, 0) is 31.0 Å². The molecule has 8 nitrogen and oxygen atoms in total. The summed E-state index contributed by atoms with van der Waals surface area (Å²) in [5.74, 6) is 0.231. The number of halogens is 1. The van der Waals surface area contributed by atoms with Crippen molar-refractivity contribution in [1.29, 1.82) is 0 Å². The van der Waals surface area contributed by atoms with Crippen LogP contribution in [0, 0.1) is 12.7 Å². The zero-order valence-corrected chi connectivity index (χ0v) is 17.1. The molecule has 0 unspecified atom stereocenters. The van der Waals surface area contributed by atoms with E-state index in [0.29, 0.717) is 29.0 Å². The van der Waals surface area contributed by atoms with Crippen molar-refractivity contribution < 1.29 is 9.18 Å². The normalized spacial score (nSPS) is 16.2. The van der Waals surface area contributed by atoms with Crippen LogP contribution in [0.3, 0.4) is 0 Å². The Balaban J connectivity index is 1.42. The third-order valence-electron chi connectivity index (χ3n) is 5.76. The Morgan fingerprint density at radius 2 is 2.03 bits per heavy atom. The highest BCUT2D eigenvalue weighted by Crippen LogP contribution is 2.36. The van der Waals surface area contributed by atoms with E-state index in [0.717, 1.165) is 43.7 Å². The first-order chi connectivity index (χ1) is 14.5. The number of urea groups is 1. The second-order valence-corrected chi connectivity index (χ2v) is 7.86. The smallest absolute Gasteiger partial charge is 0.327 e. The van der Waals surface area contributed by atoms with Crippen LogP contribution in [0.4, 0.5) is 26.4 Å². The number of fused-ring (bicyclic) bond motifs is 2. The van der Waals surface area contributed by atoms with Gasteiger partial charge in [0.2, 0.25) is 0 Å². The van der Waals surface area contributed by atoms with Gasteiger partial charge >= 0.3 is 6.03 Å². The highest BCUT2D eigenvalue weighted by molar-refractivity contribution is 6.04. The molecule has 1 fully saturated rings. The SMILES string of the molecule is Cc1cnc2c(c1N1CCNCC1)CCN2C(=O)Nc1cc(F)c2nn(C)cc2c1. The van der Waals surface area contributed by atoms with Gasteiger partial charge in [-0.1, -0.05) is 0 Å². The molecule has 0 atom stereocenters. The highest BCUT2D eigenvalue weighted by Gasteiger charge is 2.31. The maximum atomic E-state index is 14.4. The van der Waals surface area contributed by atoms with Gasteiger partial charge in [-0.3, -0.25) is 9.58 Å². The lowest BCUT2D eigenvalue weighted by Crippen LogP contribution is -2.44. The third-order valence-corrected chi connectivity index (χ3v) is 5.76. The number of aryl methyl sites for hydroxylation is 2. The molecule has 156 valence electrons. The quantitative estimate of drug-likeness (QED) is 0.680. The van der Waals surface area contributed by atoms with Crippen LogP contribution in [0.15, 0.2) is 24.5 Å². The predicted octanol–water partition coefficient (Wildman–Crippen LogP) is 2.42. The fourth-order valence-electron chi connectivity index (χ4n) is 4.43. The molecular formula is C21H24FN7O. The Bertz CT molecular complexity index is 1140. The Hall–Kier alpha value is -3.20. The summed E-state index contributed by atoms with van der Waals surface area (Å²) in [5.41, 5.74) is 4.13. The second kappa shape index (κ2) is 7.24. The molecule has 2 aromatic heterocycles.